The fraction of sp³-hybridized carbons (Fsp3) is 1.00. The van der Waals surface area contributed by atoms with Crippen LogP contribution in [0.15, 0.2) is 0 Å². The van der Waals surface area contributed by atoms with Crippen molar-refractivity contribution in [1.82, 2.24) is 0 Å². The third-order valence-corrected chi connectivity index (χ3v) is 5.26. The minimum absolute atomic E-state index is 0.840. The molecule has 16 heavy (non-hydrogen) atoms. The highest BCUT2D eigenvalue weighted by Crippen LogP contribution is 2.45. The highest BCUT2D eigenvalue weighted by Gasteiger charge is 2.38. The van der Waals surface area contributed by atoms with Gasteiger partial charge < -0.3 is 0 Å². The Morgan fingerprint density at radius 1 is 0.750 bits per heavy atom. The van der Waals surface area contributed by atoms with Crippen LogP contribution in [0.1, 0.15) is 67.2 Å². The molecule has 2 unspecified atom stereocenters. The first-order valence-electron chi connectivity index (χ1n) is 7.45. The topological polar surface area (TPSA) is 0 Å². The van der Waals surface area contributed by atoms with Crippen LogP contribution in [-0.2, 0) is 0 Å². The van der Waals surface area contributed by atoms with E-state index in [0.29, 0.717) is 0 Å². The van der Waals surface area contributed by atoms with Crippen molar-refractivity contribution in [2.75, 3.05) is 0 Å². The van der Waals surface area contributed by atoms with E-state index in [4.69, 9.17) is 0 Å². The first kappa shape index (κ1) is 14.1. The Bertz CT molecular complexity index is 175. The van der Waals surface area contributed by atoms with E-state index in [1.165, 1.54) is 25.7 Å². The van der Waals surface area contributed by atoms with Crippen LogP contribution in [-0.4, -0.2) is 6.71 Å². The normalized spacial score (nSPS) is 21.8. The lowest BCUT2D eigenvalue weighted by molar-refractivity contribution is 0.545. The zero-order valence-electron chi connectivity index (χ0n) is 12.3. The number of hydrogen-bond donors (Lipinski definition) is 0. The molecule has 0 spiro atoms. The van der Waals surface area contributed by atoms with Crippen LogP contribution in [0.3, 0.4) is 0 Å². The molecule has 0 aromatic carbocycles. The Kier molecular flexibility index (Phi) is 5.40. The summed E-state index contributed by atoms with van der Waals surface area (Å²) in [7, 11) is 0. The molecule has 0 bridgehead atoms. The molecule has 1 fully saturated rings. The van der Waals surface area contributed by atoms with Crippen molar-refractivity contribution in [3.8, 4) is 0 Å². The molecule has 0 nitrogen and oxygen atoms in total. The number of rotatable bonds is 5. The lowest BCUT2D eigenvalue weighted by atomic mass is 9.25. The fourth-order valence-electron chi connectivity index (χ4n) is 3.57. The third-order valence-electron chi connectivity index (χ3n) is 5.26. The minimum atomic E-state index is 0.840. The van der Waals surface area contributed by atoms with Crippen LogP contribution in [0, 0.1) is 11.8 Å². The van der Waals surface area contributed by atoms with Crippen molar-refractivity contribution in [1.29, 1.82) is 0 Å². The lowest BCUT2D eigenvalue weighted by Crippen LogP contribution is -2.33. The van der Waals surface area contributed by atoms with Gasteiger partial charge in [-0.3, -0.25) is 0 Å². The molecule has 0 aliphatic heterocycles. The van der Waals surface area contributed by atoms with E-state index in [-0.39, 0.29) is 0 Å². The molecule has 0 heterocycles. The molecular weight excluding hydrogens is 191 g/mol. The van der Waals surface area contributed by atoms with E-state index in [1.54, 1.807) is 0 Å². The summed E-state index contributed by atoms with van der Waals surface area (Å²) in [6, 6.07) is 0. The Labute approximate surface area is 104 Å². The maximum atomic E-state index is 2.49. The quantitative estimate of drug-likeness (QED) is 0.537. The zero-order valence-corrected chi connectivity index (χ0v) is 12.3. The molecule has 1 saturated carbocycles. The van der Waals surface area contributed by atoms with Crippen molar-refractivity contribution >= 4 is 6.71 Å². The van der Waals surface area contributed by atoms with Crippen molar-refractivity contribution in [2.45, 2.75) is 84.7 Å². The molecule has 0 aromatic heterocycles. The Balaban J connectivity index is 2.75. The molecule has 0 radical (unpaired) electrons. The van der Waals surface area contributed by atoms with E-state index in [0.717, 1.165) is 36.0 Å². The zero-order chi connectivity index (χ0) is 12.3. The highest BCUT2D eigenvalue weighted by molar-refractivity contribution is 6.63. The smallest absolute Gasteiger partial charge is 0.0688 e. The van der Waals surface area contributed by atoms with E-state index >= 15 is 0 Å². The van der Waals surface area contributed by atoms with Gasteiger partial charge in [-0.25, -0.2) is 0 Å². The van der Waals surface area contributed by atoms with Crippen LogP contribution in [0.5, 0.6) is 0 Å². The molecular formula is C15H31B. The summed E-state index contributed by atoms with van der Waals surface area (Å²) in [5.74, 6) is 4.48. The SMILES string of the molecule is CC(C)C(C)B(C1CCCC1)C(C)C(C)C. The van der Waals surface area contributed by atoms with Crippen molar-refractivity contribution in [3.63, 3.8) is 0 Å². The van der Waals surface area contributed by atoms with E-state index in [9.17, 15) is 0 Å². The molecule has 1 heteroatoms. The Morgan fingerprint density at radius 2 is 1.12 bits per heavy atom. The Hall–Kier alpha value is 0.0649. The Morgan fingerprint density at radius 3 is 1.44 bits per heavy atom. The van der Waals surface area contributed by atoms with Gasteiger partial charge in [0, 0.05) is 0 Å². The molecule has 0 saturated heterocycles. The second-order valence-electron chi connectivity index (χ2n) is 6.83. The fourth-order valence-corrected chi connectivity index (χ4v) is 3.57. The summed E-state index contributed by atoms with van der Waals surface area (Å²) in [5, 5.41) is 0. The van der Waals surface area contributed by atoms with Gasteiger partial charge in [0.1, 0.15) is 6.71 Å². The average molecular weight is 222 g/mol. The summed E-state index contributed by atoms with van der Waals surface area (Å²) >= 11 is 0. The maximum absolute atomic E-state index is 2.49. The largest absolute Gasteiger partial charge is 0.149 e. The summed E-state index contributed by atoms with van der Waals surface area (Å²) in [6.07, 6.45) is 5.96. The van der Waals surface area contributed by atoms with Gasteiger partial charge >= 0.3 is 0 Å². The van der Waals surface area contributed by atoms with E-state index in [1.807, 2.05) is 0 Å². The van der Waals surface area contributed by atoms with E-state index in [2.05, 4.69) is 41.5 Å². The second kappa shape index (κ2) is 6.12. The molecule has 0 aromatic rings. The molecule has 1 aliphatic carbocycles. The first-order valence-corrected chi connectivity index (χ1v) is 7.45. The van der Waals surface area contributed by atoms with E-state index < -0.39 is 0 Å². The van der Waals surface area contributed by atoms with Gasteiger partial charge in [0.25, 0.3) is 0 Å². The molecule has 1 aliphatic rings. The van der Waals surface area contributed by atoms with Crippen LogP contribution in [0.25, 0.3) is 0 Å². The van der Waals surface area contributed by atoms with Crippen molar-refractivity contribution in [2.24, 2.45) is 11.8 Å². The summed E-state index contributed by atoms with van der Waals surface area (Å²) < 4.78 is 0. The first-order chi connectivity index (χ1) is 7.45. The van der Waals surface area contributed by atoms with Gasteiger partial charge in [-0.05, 0) is 0 Å². The molecule has 0 amide bonds. The lowest BCUT2D eigenvalue weighted by Gasteiger charge is -2.35. The van der Waals surface area contributed by atoms with Crippen LogP contribution >= 0.6 is 0 Å². The minimum Gasteiger partial charge on any atom is -0.0688 e. The van der Waals surface area contributed by atoms with Crippen molar-refractivity contribution in [3.05, 3.63) is 0 Å². The molecule has 0 N–H and O–H groups in total. The second-order valence-corrected chi connectivity index (χ2v) is 6.83. The standard InChI is InChI=1S/C15H31B/c1-11(2)13(5)16(14(6)12(3)4)15-9-7-8-10-15/h11-15H,7-10H2,1-6H3. The van der Waals surface area contributed by atoms with Crippen LogP contribution in [0.2, 0.25) is 17.5 Å². The van der Waals surface area contributed by atoms with Gasteiger partial charge in [-0.1, -0.05) is 96.5 Å². The highest BCUT2D eigenvalue weighted by atomic mass is 14.2. The van der Waals surface area contributed by atoms with Crippen LogP contribution < -0.4 is 0 Å². The molecule has 2 atom stereocenters. The average Bonchev–Trinajstić information content (AvgIpc) is 2.70. The maximum Gasteiger partial charge on any atom is 0.149 e. The predicted octanol–water partition coefficient (Wildman–Crippen LogP) is 5.52. The predicted molar refractivity (Wildman–Crippen MR) is 76.5 cm³/mol. The monoisotopic (exact) mass is 222 g/mol. The summed E-state index contributed by atoms with van der Waals surface area (Å²) in [5.41, 5.74) is 0. The van der Waals surface area contributed by atoms with Gasteiger partial charge in [0.15, 0.2) is 0 Å². The van der Waals surface area contributed by atoms with Crippen molar-refractivity contribution < 1.29 is 0 Å². The third kappa shape index (κ3) is 3.28. The molecule has 94 valence electrons. The number of hydrogen-bond acceptors (Lipinski definition) is 0. The van der Waals surface area contributed by atoms with Gasteiger partial charge in [-0.15, -0.1) is 0 Å². The van der Waals surface area contributed by atoms with Crippen LogP contribution in [0.4, 0.5) is 0 Å². The van der Waals surface area contributed by atoms with Gasteiger partial charge in [0.05, 0.1) is 0 Å². The van der Waals surface area contributed by atoms with Gasteiger partial charge in [0.2, 0.25) is 0 Å². The summed E-state index contributed by atoms with van der Waals surface area (Å²) in [4.78, 5) is 0. The summed E-state index contributed by atoms with van der Waals surface area (Å²) in [6.45, 7) is 15.6. The molecule has 1 rings (SSSR count). The van der Waals surface area contributed by atoms with Gasteiger partial charge in [-0.2, -0.15) is 0 Å².